The number of benzene rings is 2. The van der Waals surface area contributed by atoms with E-state index >= 15 is 0 Å². The van der Waals surface area contributed by atoms with Crippen molar-refractivity contribution in [2.45, 2.75) is 6.92 Å². The molecule has 1 aromatic heterocycles. The van der Waals surface area contributed by atoms with E-state index in [9.17, 15) is 0 Å². The van der Waals surface area contributed by atoms with Crippen LogP contribution in [-0.2, 0) is 0 Å². The number of hydrogen-bond donors (Lipinski definition) is 0. The third kappa shape index (κ3) is 1.34. The van der Waals surface area contributed by atoms with Crippen molar-refractivity contribution < 1.29 is 0 Å². The van der Waals surface area contributed by atoms with Crippen LogP contribution in [0, 0.1) is 6.92 Å². The first-order chi connectivity index (χ1) is 7.77. The Labute approximate surface area is 102 Å². The van der Waals surface area contributed by atoms with E-state index in [1.807, 2.05) is 12.3 Å². The van der Waals surface area contributed by atoms with Crippen LogP contribution in [0.5, 0.6) is 0 Å². The highest BCUT2D eigenvalue weighted by atomic mass is 79.9. The number of rotatable bonds is 0. The maximum absolute atomic E-state index is 4.48. The number of hydrogen-bond acceptors (Lipinski definition) is 1. The van der Waals surface area contributed by atoms with Gasteiger partial charge in [0, 0.05) is 21.4 Å². The zero-order valence-corrected chi connectivity index (χ0v) is 10.5. The molecular weight excluding hydrogens is 262 g/mol. The van der Waals surface area contributed by atoms with Gasteiger partial charge in [-0.1, -0.05) is 30.3 Å². The van der Waals surface area contributed by atoms with E-state index in [0.29, 0.717) is 0 Å². The van der Waals surface area contributed by atoms with Crippen molar-refractivity contribution in [3.8, 4) is 0 Å². The molecule has 1 nitrogen and oxygen atoms in total. The summed E-state index contributed by atoms with van der Waals surface area (Å²) in [4.78, 5) is 4.48. The first kappa shape index (κ1) is 9.79. The molecule has 0 aliphatic rings. The summed E-state index contributed by atoms with van der Waals surface area (Å²) in [6, 6.07) is 12.6. The average molecular weight is 272 g/mol. The summed E-state index contributed by atoms with van der Waals surface area (Å²) >= 11 is 3.66. The molecule has 0 bridgehead atoms. The average Bonchev–Trinajstić information content (AvgIpc) is 2.33. The van der Waals surface area contributed by atoms with E-state index < -0.39 is 0 Å². The molecule has 0 spiro atoms. The van der Waals surface area contributed by atoms with Gasteiger partial charge in [0.2, 0.25) is 0 Å². The molecule has 0 aliphatic heterocycles. The molecule has 0 radical (unpaired) electrons. The van der Waals surface area contributed by atoms with Gasteiger partial charge in [-0.15, -0.1) is 0 Å². The van der Waals surface area contributed by atoms with Crippen molar-refractivity contribution in [2.24, 2.45) is 0 Å². The quantitative estimate of drug-likeness (QED) is 0.550. The molecule has 0 atom stereocenters. The smallest absolute Gasteiger partial charge is 0.0791 e. The number of aromatic nitrogens is 1. The predicted octanol–water partition coefficient (Wildman–Crippen LogP) is 4.46. The predicted molar refractivity (Wildman–Crippen MR) is 71.7 cm³/mol. The second-order valence-corrected chi connectivity index (χ2v) is 4.73. The summed E-state index contributed by atoms with van der Waals surface area (Å²) in [5.74, 6) is 0. The lowest BCUT2D eigenvalue weighted by molar-refractivity contribution is 1.41. The number of aryl methyl sites for hydroxylation is 1. The van der Waals surface area contributed by atoms with Crippen LogP contribution in [0.4, 0.5) is 0 Å². The maximum atomic E-state index is 4.48. The molecule has 78 valence electrons. The van der Waals surface area contributed by atoms with E-state index in [-0.39, 0.29) is 0 Å². The van der Waals surface area contributed by atoms with Gasteiger partial charge in [0.25, 0.3) is 0 Å². The monoisotopic (exact) mass is 271 g/mol. The first-order valence-electron chi connectivity index (χ1n) is 5.20. The molecule has 3 rings (SSSR count). The largest absolute Gasteiger partial charge is 0.256 e. The summed E-state index contributed by atoms with van der Waals surface area (Å²) in [7, 11) is 0. The van der Waals surface area contributed by atoms with Crippen LogP contribution in [0.2, 0.25) is 0 Å². The fraction of sp³-hybridized carbons (Fsp3) is 0.0714. The van der Waals surface area contributed by atoms with Gasteiger partial charge in [-0.05, 0) is 39.9 Å². The normalized spacial score (nSPS) is 11.1. The van der Waals surface area contributed by atoms with Gasteiger partial charge >= 0.3 is 0 Å². The van der Waals surface area contributed by atoms with E-state index in [4.69, 9.17) is 0 Å². The van der Waals surface area contributed by atoms with Crippen LogP contribution in [0.25, 0.3) is 21.7 Å². The highest BCUT2D eigenvalue weighted by molar-refractivity contribution is 9.10. The highest BCUT2D eigenvalue weighted by Gasteiger charge is 2.06. The zero-order valence-electron chi connectivity index (χ0n) is 8.87. The van der Waals surface area contributed by atoms with E-state index in [2.05, 4.69) is 58.2 Å². The Bertz CT molecular complexity index is 689. The van der Waals surface area contributed by atoms with Crippen molar-refractivity contribution in [1.29, 1.82) is 0 Å². The Morgan fingerprint density at radius 3 is 2.62 bits per heavy atom. The lowest BCUT2D eigenvalue weighted by atomic mass is 10.0. The minimum absolute atomic E-state index is 1.07. The number of fused-ring (bicyclic) bond motifs is 3. The molecule has 0 saturated carbocycles. The summed E-state index contributed by atoms with van der Waals surface area (Å²) in [6.07, 6.45) is 1.84. The fourth-order valence-corrected chi connectivity index (χ4v) is 2.56. The summed E-state index contributed by atoms with van der Waals surface area (Å²) in [5, 5.41) is 3.61. The van der Waals surface area contributed by atoms with Crippen LogP contribution in [0.1, 0.15) is 5.56 Å². The molecular formula is C14H10BrN. The van der Waals surface area contributed by atoms with Crippen LogP contribution < -0.4 is 0 Å². The summed E-state index contributed by atoms with van der Waals surface area (Å²) in [6.45, 7) is 2.10. The minimum atomic E-state index is 1.07. The van der Waals surface area contributed by atoms with Gasteiger partial charge in [0.05, 0.1) is 5.52 Å². The molecule has 0 saturated heterocycles. The topological polar surface area (TPSA) is 12.9 Å². The lowest BCUT2D eigenvalue weighted by Crippen LogP contribution is -1.84. The van der Waals surface area contributed by atoms with Crippen LogP contribution >= 0.6 is 15.9 Å². The van der Waals surface area contributed by atoms with Crippen LogP contribution in [0.3, 0.4) is 0 Å². The van der Waals surface area contributed by atoms with Gasteiger partial charge in [-0.2, -0.15) is 0 Å². The molecule has 0 unspecified atom stereocenters. The molecule has 2 heteroatoms. The standard InChI is InChI=1S/C14H10BrN/c1-9-4-5-10-6-7-11-3-2-8-16-14(11)12(10)13(9)15/h2-8H,1H3. The van der Waals surface area contributed by atoms with E-state index in [1.165, 1.54) is 21.7 Å². The second kappa shape index (κ2) is 3.56. The van der Waals surface area contributed by atoms with E-state index in [0.717, 1.165) is 9.99 Å². The SMILES string of the molecule is Cc1ccc2ccc3cccnc3c2c1Br. The van der Waals surface area contributed by atoms with Gasteiger partial charge in [0.1, 0.15) is 0 Å². The van der Waals surface area contributed by atoms with Gasteiger partial charge < -0.3 is 0 Å². The Morgan fingerprint density at radius 1 is 1.00 bits per heavy atom. The third-order valence-electron chi connectivity index (χ3n) is 2.89. The Balaban J connectivity index is 2.63. The summed E-state index contributed by atoms with van der Waals surface area (Å²) in [5.41, 5.74) is 2.31. The van der Waals surface area contributed by atoms with Gasteiger partial charge in [-0.25, -0.2) is 0 Å². The van der Waals surface area contributed by atoms with Gasteiger partial charge in [0.15, 0.2) is 0 Å². The Kier molecular flexibility index (Phi) is 2.18. The zero-order chi connectivity index (χ0) is 11.1. The van der Waals surface area contributed by atoms with Crippen molar-refractivity contribution >= 4 is 37.6 Å². The number of halogens is 1. The molecule has 2 aromatic carbocycles. The van der Waals surface area contributed by atoms with Crippen molar-refractivity contribution in [2.75, 3.05) is 0 Å². The first-order valence-corrected chi connectivity index (χ1v) is 5.99. The Hall–Kier alpha value is -1.41. The molecule has 3 aromatic rings. The number of pyridine rings is 1. The molecule has 0 fully saturated rings. The molecule has 1 heterocycles. The van der Waals surface area contributed by atoms with Crippen molar-refractivity contribution in [3.63, 3.8) is 0 Å². The fourth-order valence-electron chi connectivity index (χ4n) is 2.02. The molecule has 0 aliphatic carbocycles. The third-order valence-corrected chi connectivity index (χ3v) is 3.91. The second-order valence-electron chi connectivity index (χ2n) is 3.94. The van der Waals surface area contributed by atoms with E-state index in [1.54, 1.807) is 0 Å². The minimum Gasteiger partial charge on any atom is -0.256 e. The maximum Gasteiger partial charge on any atom is 0.0791 e. The Morgan fingerprint density at radius 2 is 1.75 bits per heavy atom. The molecule has 0 N–H and O–H groups in total. The van der Waals surface area contributed by atoms with Gasteiger partial charge in [-0.3, -0.25) is 4.98 Å². The molecule has 16 heavy (non-hydrogen) atoms. The number of nitrogens with zero attached hydrogens (tertiary/aromatic N) is 1. The van der Waals surface area contributed by atoms with Crippen molar-refractivity contribution in [3.05, 3.63) is 52.6 Å². The van der Waals surface area contributed by atoms with Crippen LogP contribution in [-0.4, -0.2) is 4.98 Å². The van der Waals surface area contributed by atoms with Crippen LogP contribution in [0.15, 0.2) is 47.1 Å². The highest BCUT2D eigenvalue weighted by Crippen LogP contribution is 2.32. The molecule has 0 amide bonds. The lowest BCUT2D eigenvalue weighted by Gasteiger charge is -2.07. The summed E-state index contributed by atoms with van der Waals surface area (Å²) < 4.78 is 1.15. The van der Waals surface area contributed by atoms with Crippen molar-refractivity contribution in [1.82, 2.24) is 4.98 Å².